The van der Waals surface area contributed by atoms with Crippen molar-refractivity contribution in [2.45, 2.75) is 6.54 Å². The molecule has 0 aliphatic carbocycles. The van der Waals surface area contributed by atoms with Crippen LogP contribution in [-0.2, 0) is 6.54 Å². The highest BCUT2D eigenvalue weighted by molar-refractivity contribution is 9.10. The Balaban J connectivity index is 0.000000845. The average molecular weight is 299 g/mol. The van der Waals surface area contributed by atoms with Crippen LogP contribution in [0.4, 0.5) is 0 Å². The molecule has 0 saturated heterocycles. The van der Waals surface area contributed by atoms with E-state index in [1.807, 2.05) is 28.9 Å². The predicted molar refractivity (Wildman–Crippen MR) is 65.3 cm³/mol. The zero-order valence-corrected chi connectivity index (χ0v) is 10.4. The van der Waals surface area contributed by atoms with E-state index < -0.39 is 0 Å². The largest absolute Gasteiger partial charge is 0.325 e. The number of pyridine rings is 1. The third-order valence-electron chi connectivity index (χ3n) is 1.67. The van der Waals surface area contributed by atoms with Crippen LogP contribution in [0.25, 0.3) is 5.65 Å². The summed E-state index contributed by atoms with van der Waals surface area (Å²) in [5, 5.41) is 0. The summed E-state index contributed by atoms with van der Waals surface area (Å²) in [5.74, 6) is 0. The lowest BCUT2D eigenvalue weighted by atomic mass is 10.5. The van der Waals surface area contributed by atoms with Gasteiger partial charge >= 0.3 is 0 Å². The third kappa shape index (κ3) is 2.60. The molecule has 2 aromatic rings. The van der Waals surface area contributed by atoms with Crippen LogP contribution in [-0.4, -0.2) is 9.38 Å². The molecule has 0 aliphatic heterocycles. The van der Waals surface area contributed by atoms with Crippen LogP contribution in [0.5, 0.6) is 0 Å². The van der Waals surface area contributed by atoms with Crippen molar-refractivity contribution in [1.82, 2.24) is 9.38 Å². The number of hydrogen-bond donors (Lipinski definition) is 1. The van der Waals surface area contributed by atoms with Crippen LogP contribution in [0, 0.1) is 0 Å². The fourth-order valence-electron chi connectivity index (χ4n) is 1.12. The summed E-state index contributed by atoms with van der Waals surface area (Å²) in [7, 11) is 0. The molecule has 6 heteroatoms. The van der Waals surface area contributed by atoms with Crippen molar-refractivity contribution in [2.24, 2.45) is 5.73 Å². The minimum Gasteiger partial charge on any atom is -0.325 e. The molecule has 0 amide bonds. The van der Waals surface area contributed by atoms with Gasteiger partial charge in [0.05, 0.1) is 5.69 Å². The van der Waals surface area contributed by atoms with Crippen LogP contribution >= 0.6 is 40.7 Å². The molecule has 2 aromatic heterocycles. The molecule has 0 unspecified atom stereocenters. The molecule has 0 spiro atoms. The molecular weight excluding hydrogens is 289 g/mol. The molecule has 3 nitrogen and oxygen atoms in total. The first-order chi connectivity index (χ1) is 5.79. The van der Waals surface area contributed by atoms with Gasteiger partial charge in [0, 0.05) is 23.4 Å². The zero-order chi connectivity index (χ0) is 8.55. The summed E-state index contributed by atoms with van der Waals surface area (Å²) in [5.41, 5.74) is 7.30. The van der Waals surface area contributed by atoms with Crippen molar-refractivity contribution in [1.29, 1.82) is 0 Å². The number of nitrogens with zero attached hydrogens (tertiary/aromatic N) is 2. The summed E-state index contributed by atoms with van der Waals surface area (Å²) in [6.07, 6.45) is 3.89. The Bertz CT molecular complexity index is 416. The highest BCUT2D eigenvalue weighted by Crippen LogP contribution is 2.11. The molecule has 0 bridgehead atoms. The Morgan fingerprint density at radius 3 is 2.64 bits per heavy atom. The monoisotopic (exact) mass is 297 g/mol. The van der Waals surface area contributed by atoms with Gasteiger partial charge in [0.1, 0.15) is 5.65 Å². The molecule has 0 saturated carbocycles. The van der Waals surface area contributed by atoms with Gasteiger partial charge < -0.3 is 10.1 Å². The molecule has 2 heterocycles. The molecule has 14 heavy (non-hydrogen) atoms. The number of rotatable bonds is 1. The topological polar surface area (TPSA) is 43.3 Å². The maximum absolute atomic E-state index is 5.46. The number of imidazole rings is 1. The Morgan fingerprint density at radius 2 is 2.00 bits per heavy atom. The number of halogens is 3. The fraction of sp³-hybridized carbons (Fsp3) is 0.125. The minimum atomic E-state index is 0. The molecule has 2 rings (SSSR count). The van der Waals surface area contributed by atoms with Crippen molar-refractivity contribution in [3.05, 3.63) is 34.7 Å². The molecule has 0 aromatic carbocycles. The van der Waals surface area contributed by atoms with Gasteiger partial charge in [0.2, 0.25) is 0 Å². The lowest BCUT2D eigenvalue weighted by molar-refractivity contribution is 1.01. The SMILES string of the molecule is Cl.Cl.NCc1cn2cc(Br)ccc2n1. The maximum Gasteiger partial charge on any atom is 0.137 e. The number of fused-ring (bicyclic) bond motifs is 1. The van der Waals surface area contributed by atoms with Crippen LogP contribution in [0.1, 0.15) is 5.69 Å². The summed E-state index contributed by atoms with van der Waals surface area (Å²) in [6, 6.07) is 3.91. The third-order valence-corrected chi connectivity index (χ3v) is 2.14. The standard InChI is InChI=1S/C8H8BrN3.2ClH/c9-6-1-2-8-11-7(3-10)5-12(8)4-6;;/h1-2,4-5H,3,10H2;2*1H. The summed E-state index contributed by atoms with van der Waals surface area (Å²) < 4.78 is 2.99. The molecule has 0 atom stereocenters. The average Bonchev–Trinajstić information content (AvgIpc) is 2.46. The molecule has 2 N–H and O–H groups in total. The number of nitrogens with two attached hydrogens (primary N) is 1. The van der Waals surface area contributed by atoms with Gasteiger partial charge in [-0.1, -0.05) is 0 Å². The molecule has 0 aliphatic rings. The van der Waals surface area contributed by atoms with E-state index in [0.717, 1.165) is 15.8 Å². The zero-order valence-electron chi connectivity index (χ0n) is 7.18. The molecular formula is C8H10BrCl2N3. The van der Waals surface area contributed by atoms with Crippen LogP contribution in [0.15, 0.2) is 29.0 Å². The van der Waals surface area contributed by atoms with Crippen molar-refractivity contribution in [3.8, 4) is 0 Å². The summed E-state index contributed by atoms with van der Waals surface area (Å²) in [6.45, 7) is 0.485. The van der Waals surface area contributed by atoms with Gasteiger partial charge in [0.15, 0.2) is 0 Å². The molecule has 78 valence electrons. The Labute approximate surface area is 103 Å². The maximum atomic E-state index is 5.46. The van der Waals surface area contributed by atoms with Gasteiger partial charge in [-0.15, -0.1) is 24.8 Å². The lowest BCUT2D eigenvalue weighted by Crippen LogP contribution is -1.95. The van der Waals surface area contributed by atoms with E-state index in [-0.39, 0.29) is 24.8 Å². The van der Waals surface area contributed by atoms with Crippen molar-refractivity contribution in [2.75, 3.05) is 0 Å². The highest BCUT2D eigenvalue weighted by atomic mass is 79.9. The highest BCUT2D eigenvalue weighted by Gasteiger charge is 1.98. The summed E-state index contributed by atoms with van der Waals surface area (Å²) in [4.78, 5) is 4.29. The van der Waals surface area contributed by atoms with Gasteiger partial charge in [-0.05, 0) is 28.1 Å². The van der Waals surface area contributed by atoms with Crippen molar-refractivity contribution in [3.63, 3.8) is 0 Å². The first kappa shape index (κ1) is 13.7. The number of hydrogen-bond acceptors (Lipinski definition) is 2. The van der Waals surface area contributed by atoms with Gasteiger partial charge in [-0.2, -0.15) is 0 Å². The Morgan fingerprint density at radius 1 is 1.29 bits per heavy atom. The second kappa shape index (κ2) is 5.56. The smallest absolute Gasteiger partial charge is 0.137 e. The van der Waals surface area contributed by atoms with Gasteiger partial charge in [-0.3, -0.25) is 0 Å². The molecule has 0 radical (unpaired) electrons. The van der Waals surface area contributed by atoms with E-state index in [1.54, 1.807) is 0 Å². The Kier molecular flexibility index (Phi) is 5.44. The van der Waals surface area contributed by atoms with E-state index in [9.17, 15) is 0 Å². The quantitative estimate of drug-likeness (QED) is 0.878. The van der Waals surface area contributed by atoms with E-state index in [1.165, 1.54) is 0 Å². The van der Waals surface area contributed by atoms with E-state index in [4.69, 9.17) is 5.73 Å². The summed E-state index contributed by atoms with van der Waals surface area (Å²) >= 11 is 3.38. The predicted octanol–water partition coefficient (Wildman–Crippen LogP) is 2.40. The van der Waals surface area contributed by atoms with Crippen molar-refractivity contribution < 1.29 is 0 Å². The second-order valence-corrected chi connectivity index (χ2v) is 3.46. The van der Waals surface area contributed by atoms with Gasteiger partial charge in [0.25, 0.3) is 0 Å². The second-order valence-electron chi connectivity index (χ2n) is 2.55. The van der Waals surface area contributed by atoms with Crippen LogP contribution in [0.2, 0.25) is 0 Å². The number of aromatic nitrogens is 2. The van der Waals surface area contributed by atoms with E-state index >= 15 is 0 Å². The van der Waals surface area contributed by atoms with E-state index in [2.05, 4.69) is 20.9 Å². The normalized spacial score (nSPS) is 9.29. The fourth-order valence-corrected chi connectivity index (χ4v) is 1.47. The lowest BCUT2D eigenvalue weighted by Gasteiger charge is -1.91. The van der Waals surface area contributed by atoms with Gasteiger partial charge in [-0.25, -0.2) is 4.98 Å². The molecule has 0 fully saturated rings. The van der Waals surface area contributed by atoms with Crippen LogP contribution < -0.4 is 5.73 Å². The first-order valence-corrected chi connectivity index (χ1v) is 4.42. The minimum absolute atomic E-state index is 0. The van der Waals surface area contributed by atoms with E-state index in [0.29, 0.717) is 6.54 Å². The first-order valence-electron chi connectivity index (χ1n) is 3.63. The Hall–Kier alpha value is -0.290. The van der Waals surface area contributed by atoms with Crippen molar-refractivity contribution >= 4 is 46.4 Å². The van der Waals surface area contributed by atoms with Crippen LogP contribution in [0.3, 0.4) is 0 Å².